The molecule has 0 saturated heterocycles. The van der Waals surface area contributed by atoms with Crippen molar-refractivity contribution in [2.75, 3.05) is 6.61 Å². The average molecular weight is 256 g/mol. The second-order valence-electron chi connectivity index (χ2n) is 5.68. The number of fused-ring (bicyclic) bond motifs is 1. The molecule has 0 aromatic heterocycles. The monoisotopic (exact) mass is 256 g/mol. The Morgan fingerprint density at radius 3 is 2.32 bits per heavy atom. The SMILES string of the molecule is CCOC(=O)c1cc(C(C)(C)C)c2cccccc1-2. The Balaban J connectivity index is 2.65. The van der Waals surface area contributed by atoms with Gasteiger partial charge in [-0.1, -0.05) is 51.1 Å². The van der Waals surface area contributed by atoms with Crippen LogP contribution in [-0.4, -0.2) is 12.6 Å². The molecule has 0 spiro atoms. The first-order chi connectivity index (χ1) is 8.95. The van der Waals surface area contributed by atoms with E-state index in [-0.39, 0.29) is 11.4 Å². The molecule has 0 aromatic carbocycles. The highest BCUT2D eigenvalue weighted by molar-refractivity contribution is 6.00. The predicted molar refractivity (Wildman–Crippen MR) is 77.7 cm³/mol. The molecule has 0 bridgehead atoms. The third-order valence-electron chi connectivity index (χ3n) is 3.21. The second-order valence-corrected chi connectivity index (χ2v) is 5.68. The van der Waals surface area contributed by atoms with E-state index in [1.54, 1.807) is 0 Å². The fourth-order valence-corrected chi connectivity index (χ4v) is 2.32. The van der Waals surface area contributed by atoms with Crippen LogP contribution in [-0.2, 0) is 10.2 Å². The van der Waals surface area contributed by atoms with Gasteiger partial charge in [-0.25, -0.2) is 4.79 Å². The number of esters is 1. The van der Waals surface area contributed by atoms with Crippen molar-refractivity contribution in [1.82, 2.24) is 0 Å². The minimum Gasteiger partial charge on any atom is -0.462 e. The van der Waals surface area contributed by atoms with E-state index in [9.17, 15) is 4.79 Å². The molecular weight excluding hydrogens is 236 g/mol. The Labute approximate surface area is 114 Å². The van der Waals surface area contributed by atoms with E-state index in [1.165, 1.54) is 5.56 Å². The summed E-state index contributed by atoms with van der Waals surface area (Å²) in [5.41, 5.74) is 3.94. The summed E-state index contributed by atoms with van der Waals surface area (Å²) in [7, 11) is 0. The van der Waals surface area contributed by atoms with Gasteiger partial charge in [0.25, 0.3) is 0 Å². The number of ether oxygens (including phenoxy) is 1. The standard InChI is InChI=1S/C17H20O2/c1-5-19-16(18)14-11-15(17(2,3)4)13-10-8-6-7-9-12(13)14/h6-11H,5H2,1-4H3. The Kier molecular flexibility index (Phi) is 3.61. The smallest absolute Gasteiger partial charge is 0.338 e. The lowest BCUT2D eigenvalue weighted by molar-refractivity contribution is 0.0527. The van der Waals surface area contributed by atoms with Gasteiger partial charge >= 0.3 is 5.97 Å². The van der Waals surface area contributed by atoms with Gasteiger partial charge < -0.3 is 4.74 Å². The summed E-state index contributed by atoms with van der Waals surface area (Å²) in [5, 5.41) is 0. The molecule has 0 fully saturated rings. The van der Waals surface area contributed by atoms with Crippen LogP contribution in [0.5, 0.6) is 0 Å². The zero-order chi connectivity index (χ0) is 14.0. The fraction of sp³-hybridized carbons (Fsp3) is 0.353. The Morgan fingerprint density at radius 2 is 1.74 bits per heavy atom. The highest BCUT2D eigenvalue weighted by Crippen LogP contribution is 2.38. The maximum absolute atomic E-state index is 12.1. The van der Waals surface area contributed by atoms with Crippen LogP contribution in [0.2, 0.25) is 0 Å². The number of rotatable bonds is 2. The van der Waals surface area contributed by atoms with Crippen LogP contribution in [0.15, 0.2) is 36.4 Å². The van der Waals surface area contributed by atoms with Crippen LogP contribution >= 0.6 is 0 Å². The average Bonchev–Trinajstić information content (AvgIpc) is 2.52. The summed E-state index contributed by atoms with van der Waals surface area (Å²) < 4.78 is 5.15. The Bertz CT molecular complexity index is 564. The van der Waals surface area contributed by atoms with E-state index in [0.29, 0.717) is 12.2 Å². The van der Waals surface area contributed by atoms with Crippen LogP contribution in [0, 0.1) is 0 Å². The van der Waals surface area contributed by atoms with Gasteiger partial charge in [-0.3, -0.25) is 0 Å². The van der Waals surface area contributed by atoms with Crippen molar-refractivity contribution in [3.05, 3.63) is 47.5 Å². The van der Waals surface area contributed by atoms with E-state index in [1.807, 2.05) is 37.3 Å². The lowest BCUT2D eigenvalue weighted by Crippen LogP contribution is -2.10. The summed E-state index contributed by atoms with van der Waals surface area (Å²) in [4.78, 5) is 12.1. The van der Waals surface area contributed by atoms with Crippen LogP contribution < -0.4 is 0 Å². The molecule has 2 aliphatic carbocycles. The first-order valence-electron chi connectivity index (χ1n) is 6.64. The maximum Gasteiger partial charge on any atom is 0.338 e. The highest BCUT2D eigenvalue weighted by Gasteiger charge is 2.26. The molecule has 2 heteroatoms. The molecule has 0 aliphatic heterocycles. The number of hydrogen-bond donors (Lipinski definition) is 0. The third kappa shape index (κ3) is 2.62. The van der Waals surface area contributed by atoms with Crippen molar-refractivity contribution in [1.29, 1.82) is 0 Å². The summed E-state index contributed by atoms with van der Waals surface area (Å²) in [6.45, 7) is 8.69. The van der Waals surface area contributed by atoms with E-state index in [4.69, 9.17) is 4.74 Å². The van der Waals surface area contributed by atoms with E-state index < -0.39 is 0 Å². The van der Waals surface area contributed by atoms with Crippen LogP contribution in [0.4, 0.5) is 0 Å². The number of carbonyl (C=O) groups is 1. The van der Waals surface area contributed by atoms with Gasteiger partial charge in [-0.15, -0.1) is 0 Å². The summed E-state index contributed by atoms with van der Waals surface area (Å²) >= 11 is 0. The predicted octanol–water partition coefficient (Wildman–Crippen LogP) is 4.27. The molecule has 0 heterocycles. The zero-order valence-corrected chi connectivity index (χ0v) is 12.0. The van der Waals surface area contributed by atoms with Gasteiger partial charge in [0, 0.05) is 0 Å². The molecule has 0 aromatic rings. The van der Waals surface area contributed by atoms with Gasteiger partial charge in [-0.2, -0.15) is 0 Å². The quantitative estimate of drug-likeness (QED) is 0.750. The maximum atomic E-state index is 12.1. The van der Waals surface area contributed by atoms with Crippen molar-refractivity contribution in [3.8, 4) is 11.1 Å². The van der Waals surface area contributed by atoms with E-state index in [2.05, 4.69) is 26.8 Å². The molecule has 0 unspecified atom stereocenters. The molecule has 2 nitrogen and oxygen atoms in total. The van der Waals surface area contributed by atoms with Gasteiger partial charge in [0.15, 0.2) is 0 Å². The van der Waals surface area contributed by atoms with Crippen molar-refractivity contribution in [2.24, 2.45) is 0 Å². The largest absolute Gasteiger partial charge is 0.462 e. The normalized spacial score (nSPS) is 11.6. The summed E-state index contributed by atoms with van der Waals surface area (Å²) in [5.74, 6) is -0.241. The topological polar surface area (TPSA) is 26.3 Å². The summed E-state index contributed by atoms with van der Waals surface area (Å²) in [6.07, 6.45) is 0. The first-order valence-corrected chi connectivity index (χ1v) is 6.64. The Morgan fingerprint density at radius 1 is 1.11 bits per heavy atom. The minimum absolute atomic E-state index is 0.00263. The number of carbonyl (C=O) groups excluding carboxylic acids is 1. The molecule has 2 aliphatic rings. The first kappa shape index (κ1) is 13.6. The lowest BCUT2D eigenvalue weighted by atomic mass is 9.86. The molecule has 2 rings (SSSR count). The molecular formula is C17H20O2. The van der Waals surface area contributed by atoms with Gasteiger partial charge in [0.1, 0.15) is 0 Å². The molecule has 0 N–H and O–H groups in total. The third-order valence-corrected chi connectivity index (χ3v) is 3.21. The molecule has 19 heavy (non-hydrogen) atoms. The van der Waals surface area contributed by atoms with Crippen molar-refractivity contribution < 1.29 is 9.53 Å². The van der Waals surface area contributed by atoms with Gasteiger partial charge in [-0.05, 0) is 35.1 Å². The Hall–Kier alpha value is -1.83. The minimum atomic E-state index is -0.241. The van der Waals surface area contributed by atoms with Gasteiger partial charge in [0.05, 0.1) is 12.2 Å². The van der Waals surface area contributed by atoms with Crippen LogP contribution in [0.3, 0.4) is 0 Å². The number of hydrogen-bond acceptors (Lipinski definition) is 2. The van der Waals surface area contributed by atoms with Crippen molar-refractivity contribution in [2.45, 2.75) is 33.1 Å². The van der Waals surface area contributed by atoms with E-state index in [0.717, 1.165) is 11.1 Å². The highest BCUT2D eigenvalue weighted by atomic mass is 16.5. The molecule has 0 radical (unpaired) electrons. The zero-order valence-electron chi connectivity index (χ0n) is 12.0. The van der Waals surface area contributed by atoms with E-state index >= 15 is 0 Å². The molecule has 0 saturated carbocycles. The fourth-order valence-electron chi connectivity index (χ4n) is 2.32. The molecule has 0 amide bonds. The van der Waals surface area contributed by atoms with Gasteiger partial charge in [0.2, 0.25) is 0 Å². The van der Waals surface area contributed by atoms with Crippen LogP contribution in [0.25, 0.3) is 11.1 Å². The summed E-state index contributed by atoms with van der Waals surface area (Å²) in [6, 6.07) is 12.0. The molecule has 100 valence electrons. The molecule has 0 atom stereocenters. The van der Waals surface area contributed by atoms with Crippen molar-refractivity contribution >= 4 is 5.97 Å². The lowest BCUT2D eigenvalue weighted by Gasteiger charge is -2.18. The second kappa shape index (κ2) is 5.04. The van der Waals surface area contributed by atoms with Crippen molar-refractivity contribution in [3.63, 3.8) is 0 Å². The van der Waals surface area contributed by atoms with Crippen LogP contribution in [0.1, 0.15) is 43.6 Å².